The molecule has 2 aromatic carbocycles. The Morgan fingerprint density at radius 2 is 1.45 bits per heavy atom. The van der Waals surface area contributed by atoms with E-state index in [4.69, 9.17) is 28.2 Å². The molecule has 0 spiro atoms. The highest BCUT2D eigenvalue weighted by molar-refractivity contribution is 6.37. The number of carbonyl (C=O) groups is 1. The molecule has 2 saturated heterocycles. The van der Waals surface area contributed by atoms with Gasteiger partial charge in [0.15, 0.2) is 0 Å². The van der Waals surface area contributed by atoms with Crippen molar-refractivity contribution in [2.45, 2.75) is 50.9 Å². The Kier molecular flexibility index (Phi) is 7.02. The zero-order valence-electron chi connectivity index (χ0n) is 18.8. The van der Waals surface area contributed by atoms with Crippen LogP contribution < -0.4 is 0 Å². The van der Waals surface area contributed by atoms with E-state index in [2.05, 4.69) is 9.80 Å². The first kappa shape index (κ1) is 22.9. The van der Waals surface area contributed by atoms with Crippen molar-refractivity contribution >= 4 is 34.9 Å². The Morgan fingerprint density at radius 3 is 2.09 bits per heavy atom. The molecule has 0 saturated carbocycles. The van der Waals surface area contributed by atoms with Crippen LogP contribution in [0.25, 0.3) is 0 Å². The molecule has 2 aromatic rings. The summed E-state index contributed by atoms with van der Waals surface area (Å²) in [4.78, 5) is 26.2. The maximum atomic E-state index is 14.1. The summed E-state index contributed by atoms with van der Waals surface area (Å²) in [6.45, 7) is 3.99. The second-order valence-electron chi connectivity index (χ2n) is 9.14. The summed E-state index contributed by atoms with van der Waals surface area (Å²) in [5, 5.41) is 0.896. The van der Waals surface area contributed by atoms with Crippen molar-refractivity contribution in [3.05, 3.63) is 69.7 Å². The fourth-order valence-corrected chi connectivity index (χ4v) is 5.80. The van der Waals surface area contributed by atoms with E-state index in [1.165, 1.54) is 25.7 Å². The van der Waals surface area contributed by atoms with Crippen molar-refractivity contribution in [2.24, 2.45) is 4.99 Å². The van der Waals surface area contributed by atoms with E-state index in [9.17, 15) is 4.79 Å². The fourth-order valence-electron chi connectivity index (χ4n) is 5.31. The molecular formula is C26H30Cl2N4O. The van der Waals surface area contributed by atoms with E-state index in [-0.39, 0.29) is 18.2 Å². The van der Waals surface area contributed by atoms with Gasteiger partial charge in [-0.3, -0.25) is 19.5 Å². The topological polar surface area (TPSA) is 39.2 Å². The Hall–Kier alpha value is -1.92. The van der Waals surface area contributed by atoms with Crippen molar-refractivity contribution in [3.63, 3.8) is 0 Å². The molecule has 5 nitrogen and oxygen atoms in total. The van der Waals surface area contributed by atoms with Crippen LogP contribution in [0.3, 0.4) is 0 Å². The number of piperidine rings is 2. The van der Waals surface area contributed by atoms with Gasteiger partial charge in [0.2, 0.25) is 0 Å². The summed E-state index contributed by atoms with van der Waals surface area (Å²) in [6.07, 6.45) is 6.93. The highest BCUT2D eigenvalue weighted by Gasteiger charge is 2.47. The monoisotopic (exact) mass is 484 g/mol. The molecule has 0 unspecified atom stereocenters. The van der Waals surface area contributed by atoms with Crippen LogP contribution in [-0.4, -0.2) is 65.0 Å². The Labute approximate surface area is 206 Å². The van der Waals surface area contributed by atoms with E-state index < -0.39 is 0 Å². The van der Waals surface area contributed by atoms with Gasteiger partial charge in [0.1, 0.15) is 18.2 Å². The van der Waals surface area contributed by atoms with Crippen molar-refractivity contribution in [2.75, 3.05) is 26.2 Å². The molecule has 3 heterocycles. The number of hydrogen-bond donors (Lipinski definition) is 0. The second-order valence-corrected chi connectivity index (χ2v) is 9.98. The van der Waals surface area contributed by atoms with Crippen molar-refractivity contribution in [3.8, 4) is 0 Å². The van der Waals surface area contributed by atoms with Crippen molar-refractivity contribution in [1.29, 1.82) is 0 Å². The van der Waals surface area contributed by atoms with Gasteiger partial charge < -0.3 is 0 Å². The Morgan fingerprint density at radius 1 is 0.818 bits per heavy atom. The molecule has 3 aliphatic heterocycles. The van der Waals surface area contributed by atoms with E-state index in [1.54, 1.807) is 18.2 Å². The molecule has 0 bridgehead atoms. The summed E-state index contributed by atoms with van der Waals surface area (Å²) in [6, 6.07) is 15.2. The summed E-state index contributed by atoms with van der Waals surface area (Å²) >= 11 is 12.7. The molecule has 0 aromatic heterocycles. The number of aliphatic imine (C=N–C) groups is 1. The minimum atomic E-state index is -0.141. The lowest BCUT2D eigenvalue weighted by atomic mass is 10.1. The van der Waals surface area contributed by atoms with Crippen LogP contribution in [0.4, 0.5) is 0 Å². The maximum Gasteiger partial charge on any atom is 0.262 e. The number of nitrogens with zero attached hydrogens (tertiary/aromatic N) is 4. The highest BCUT2D eigenvalue weighted by atomic mass is 35.5. The molecule has 2 atom stereocenters. The lowest BCUT2D eigenvalue weighted by Gasteiger charge is -2.43. The zero-order chi connectivity index (χ0) is 22.8. The first-order valence-electron chi connectivity index (χ1n) is 12.0. The van der Waals surface area contributed by atoms with Gasteiger partial charge in [-0.1, -0.05) is 66.4 Å². The number of amidine groups is 1. The smallest absolute Gasteiger partial charge is 0.262 e. The molecule has 7 heteroatoms. The van der Waals surface area contributed by atoms with Crippen LogP contribution in [0.5, 0.6) is 0 Å². The normalized spacial score (nSPS) is 24.7. The van der Waals surface area contributed by atoms with Crippen LogP contribution in [0.15, 0.2) is 53.5 Å². The molecule has 174 valence electrons. The minimum absolute atomic E-state index is 0.0753. The third kappa shape index (κ3) is 4.69. The number of hydrogen-bond acceptors (Lipinski definition) is 4. The van der Waals surface area contributed by atoms with Gasteiger partial charge in [-0.05, 0) is 43.9 Å². The number of halogens is 2. The average molecular weight is 485 g/mol. The van der Waals surface area contributed by atoms with Crippen molar-refractivity contribution < 1.29 is 4.79 Å². The van der Waals surface area contributed by atoms with Gasteiger partial charge in [0.05, 0.1) is 10.6 Å². The SMILES string of the molecule is O=C(c1ccc(Cl)cc1Cl)N1C(c2ccccc2)=N[C@@H](N2CCCCC2)[C@@H]1N1CCCCC1. The molecule has 0 radical (unpaired) electrons. The van der Waals surface area contributed by atoms with E-state index in [0.29, 0.717) is 15.6 Å². The standard InChI is InChI=1S/C26H30Cl2N4O/c27-20-12-13-21(22(28)18-20)26(33)32-23(19-10-4-1-5-11-19)29-24(30-14-6-2-7-15-30)25(32)31-16-8-3-9-17-31/h1,4-5,10-13,18,24-25H,2-3,6-9,14-17H2/t24-,25+/m0/s1. The van der Waals surface area contributed by atoms with Gasteiger partial charge >= 0.3 is 0 Å². The number of benzene rings is 2. The average Bonchev–Trinajstić information content (AvgIpc) is 3.26. The van der Waals surface area contributed by atoms with Crippen LogP contribution in [0, 0.1) is 0 Å². The maximum absolute atomic E-state index is 14.1. The third-order valence-corrected chi connectivity index (χ3v) is 7.50. The molecule has 2 fully saturated rings. The number of rotatable bonds is 4. The number of likely N-dealkylation sites (tertiary alicyclic amines) is 2. The summed E-state index contributed by atoms with van der Waals surface area (Å²) < 4.78 is 0. The summed E-state index contributed by atoms with van der Waals surface area (Å²) in [5.74, 6) is 0.618. The van der Waals surface area contributed by atoms with Crippen LogP contribution in [-0.2, 0) is 0 Å². The fraction of sp³-hybridized carbons (Fsp3) is 0.462. The summed E-state index contributed by atoms with van der Waals surface area (Å²) in [7, 11) is 0. The lowest BCUT2D eigenvalue weighted by Crippen LogP contribution is -2.59. The quantitative estimate of drug-likeness (QED) is 0.573. The van der Waals surface area contributed by atoms with E-state index in [0.717, 1.165) is 50.4 Å². The van der Waals surface area contributed by atoms with Crippen molar-refractivity contribution in [1.82, 2.24) is 14.7 Å². The van der Waals surface area contributed by atoms with Gasteiger partial charge in [0.25, 0.3) is 5.91 Å². The lowest BCUT2D eigenvalue weighted by molar-refractivity contribution is 0.0106. The highest BCUT2D eigenvalue weighted by Crippen LogP contribution is 2.33. The van der Waals surface area contributed by atoms with Gasteiger partial charge in [-0.15, -0.1) is 0 Å². The van der Waals surface area contributed by atoms with Gasteiger partial charge in [-0.25, -0.2) is 4.99 Å². The molecular weight excluding hydrogens is 455 g/mol. The van der Waals surface area contributed by atoms with E-state index >= 15 is 0 Å². The second kappa shape index (κ2) is 10.1. The molecule has 0 N–H and O–H groups in total. The minimum Gasteiger partial charge on any atom is -0.280 e. The van der Waals surface area contributed by atoms with Crippen LogP contribution in [0.2, 0.25) is 10.0 Å². The Balaban J connectivity index is 1.60. The summed E-state index contributed by atoms with van der Waals surface area (Å²) in [5.41, 5.74) is 1.42. The van der Waals surface area contributed by atoms with E-state index in [1.807, 2.05) is 35.2 Å². The third-order valence-electron chi connectivity index (χ3n) is 6.96. The molecule has 1 amide bonds. The van der Waals surface area contributed by atoms with Crippen LogP contribution >= 0.6 is 23.2 Å². The first-order valence-corrected chi connectivity index (χ1v) is 12.8. The Bertz CT molecular complexity index is 1020. The van der Waals surface area contributed by atoms with Gasteiger partial charge in [0, 0.05) is 36.8 Å². The predicted molar refractivity (Wildman–Crippen MR) is 134 cm³/mol. The first-order chi connectivity index (χ1) is 16.1. The van der Waals surface area contributed by atoms with Crippen LogP contribution in [0.1, 0.15) is 54.4 Å². The number of amides is 1. The molecule has 0 aliphatic carbocycles. The molecule has 3 aliphatic rings. The van der Waals surface area contributed by atoms with Gasteiger partial charge in [-0.2, -0.15) is 0 Å². The molecule has 5 rings (SSSR count). The zero-order valence-corrected chi connectivity index (χ0v) is 20.3. The molecule has 33 heavy (non-hydrogen) atoms. The number of carbonyl (C=O) groups excluding carboxylic acids is 1. The largest absolute Gasteiger partial charge is 0.280 e. The predicted octanol–water partition coefficient (Wildman–Crippen LogP) is 5.52.